The Kier molecular flexibility index (Phi) is 3.92. The van der Waals surface area contributed by atoms with Gasteiger partial charge in [-0.25, -0.2) is 0 Å². The normalized spacial score (nSPS) is 12.8. The van der Waals surface area contributed by atoms with Crippen LogP contribution in [0.3, 0.4) is 0 Å². The van der Waals surface area contributed by atoms with Crippen molar-refractivity contribution < 1.29 is 5.11 Å². The molecule has 0 saturated carbocycles. The third kappa shape index (κ3) is 2.80. The van der Waals surface area contributed by atoms with E-state index in [4.69, 9.17) is 5.73 Å². The highest BCUT2D eigenvalue weighted by atomic mass is 127. The Hall–Kier alpha value is -0.360. The van der Waals surface area contributed by atoms with E-state index in [1.54, 1.807) is 12.3 Å². The van der Waals surface area contributed by atoms with E-state index in [-0.39, 0.29) is 11.8 Å². The van der Waals surface area contributed by atoms with E-state index in [2.05, 4.69) is 34.5 Å². The van der Waals surface area contributed by atoms with Gasteiger partial charge in [-0.1, -0.05) is 13.3 Å². The highest BCUT2D eigenvalue weighted by molar-refractivity contribution is 14.1. The van der Waals surface area contributed by atoms with Crippen molar-refractivity contribution in [1.29, 1.82) is 0 Å². The average Bonchev–Trinajstić information content (AvgIpc) is 2.04. The topological polar surface area (TPSA) is 59.1 Å². The Bertz CT molecular complexity index is 291. The predicted octanol–water partition coefficient (Wildman–Crippen LogP) is 2.19. The maximum atomic E-state index is 9.54. The fourth-order valence-corrected chi connectivity index (χ4v) is 1.61. The molecule has 4 heteroatoms. The predicted molar refractivity (Wildman–Crippen MR) is 60.5 cm³/mol. The van der Waals surface area contributed by atoms with E-state index in [1.165, 1.54) is 0 Å². The lowest BCUT2D eigenvalue weighted by Crippen LogP contribution is -2.11. The number of aromatic hydroxyl groups is 1. The number of aromatic nitrogens is 1. The van der Waals surface area contributed by atoms with Crippen LogP contribution in [0.2, 0.25) is 0 Å². The standard InChI is InChI=1S/C9H13IN2O/c1-2-3-7(11)9-8(13)4-6(10)5-12-9/h4-5,7,13H,2-3,11H2,1H3. The SMILES string of the molecule is CCCC(N)c1ncc(I)cc1O. The number of nitrogens with zero attached hydrogens (tertiary/aromatic N) is 1. The van der Waals surface area contributed by atoms with E-state index in [1.807, 2.05) is 0 Å². The molecule has 0 aromatic carbocycles. The quantitative estimate of drug-likeness (QED) is 0.840. The molecule has 0 saturated heterocycles. The molecule has 1 aromatic rings. The van der Waals surface area contributed by atoms with Gasteiger partial charge in [0.2, 0.25) is 0 Å². The van der Waals surface area contributed by atoms with E-state index in [9.17, 15) is 5.11 Å². The molecule has 1 unspecified atom stereocenters. The molecule has 72 valence electrons. The van der Waals surface area contributed by atoms with Crippen molar-refractivity contribution in [1.82, 2.24) is 4.98 Å². The number of nitrogens with two attached hydrogens (primary N) is 1. The maximum absolute atomic E-state index is 9.54. The molecule has 1 aromatic heterocycles. The minimum Gasteiger partial charge on any atom is -0.506 e. The average molecular weight is 292 g/mol. The Morgan fingerprint density at radius 3 is 2.92 bits per heavy atom. The van der Waals surface area contributed by atoms with Gasteiger partial charge in [-0.05, 0) is 35.1 Å². The van der Waals surface area contributed by atoms with Crippen molar-refractivity contribution in [3.63, 3.8) is 0 Å². The zero-order chi connectivity index (χ0) is 9.84. The summed E-state index contributed by atoms with van der Waals surface area (Å²) in [7, 11) is 0. The van der Waals surface area contributed by atoms with Crippen molar-refractivity contribution in [3.8, 4) is 5.75 Å². The molecule has 0 bridgehead atoms. The minimum absolute atomic E-state index is 0.151. The van der Waals surface area contributed by atoms with Crippen LogP contribution in [-0.4, -0.2) is 10.1 Å². The first kappa shape index (κ1) is 10.7. The zero-order valence-electron chi connectivity index (χ0n) is 7.50. The highest BCUT2D eigenvalue weighted by Crippen LogP contribution is 2.24. The van der Waals surface area contributed by atoms with Gasteiger partial charge in [0, 0.05) is 9.77 Å². The lowest BCUT2D eigenvalue weighted by Gasteiger charge is -2.10. The number of hydrogen-bond donors (Lipinski definition) is 2. The highest BCUT2D eigenvalue weighted by Gasteiger charge is 2.11. The fraction of sp³-hybridized carbons (Fsp3) is 0.444. The third-order valence-electron chi connectivity index (χ3n) is 1.81. The van der Waals surface area contributed by atoms with Gasteiger partial charge in [-0.15, -0.1) is 0 Å². The molecule has 13 heavy (non-hydrogen) atoms. The first-order valence-corrected chi connectivity index (χ1v) is 5.33. The Balaban J connectivity index is 2.88. The van der Waals surface area contributed by atoms with Gasteiger partial charge in [-0.3, -0.25) is 4.98 Å². The van der Waals surface area contributed by atoms with E-state index in [0.717, 1.165) is 16.4 Å². The van der Waals surface area contributed by atoms with Crippen LogP contribution in [0.4, 0.5) is 0 Å². The number of rotatable bonds is 3. The van der Waals surface area contributed by atoms with Crippen LogP contribution in [0.25, 0.3) is 0 Å². The van der Waals surface area contributed by atoms with E-state index in [0.29, 0.717) is 5.69 Å². The van der Waals surface area contributed by atoms with Crippen molar-refractivity contribution >= 4 is 22.6 Å². The molecule has 0 amide bonds. The lowest BCUT2D eigenvalue weighted by atomic mass is 10.1. The number of pyridine rings is 1. The van der Waals surface area contributed by atoms with E-state index < -0.39 is 0 Å². The van der Waals surface area contributed by atoms with Crippen LogP contribution >= 0.6 is 22.6 Å². The van der Waals surface area contributed by atoms with Gasteiger partial charge >= 0.3 is 0 Å². The van der Waals surface area contributed by atoms with Crippen molar-refractivity contribution in [2.45, 2.75) is 25.8 Å². The van der Waals surface area contributed by atoms with Gasteiger partial charge < -0.3 is 10.8 Å². The van der Waals surface area contributed by atoms with Gasteiger partial charge in [0.05, 0.1) is 11.7 Å². The summed E-state index contributed by atoms with van der Waals surface area (Å²) >= 11 is 2.10. The zero-order valence-corrected chi connectivity index (χ0v) is 9.65. The number of hydrogen-bond acceptors (Lipinski definition) is 3. The summed E-state index contributed by atoms with van der Waals surface area (Å²) in [6.45, 7) is 2.06. The smallest absolute Gasteiger partial charge is 0.139 e. The van der Waals surface area contributed by atoms with Gasteiger partial charge in [0.25, 0.3) is 0 Å². The second kappa shape index (κ2) is 4.76. The molecule has 1 heterocycles. The minimum atomic E-state index is -0.151. The lowest BCUT2D eigenvalue weighted by molar-refractivity contribution is 0.451. The fourth-order valence-electron chi connectivity index (χ4n) is 1.17. The summed E-state index contributed by atoms with van der Waals surface area (Å²) < 4.78 is 0.919. The van der Waals surface area contributed by atoms with Gasteiger partial charge in [0.15, 0.2) is 0 Å². The van der Waals surface area contributed by atoms with Gasteiger partial charge in [0.1, 0.15) is 5.75 Å². The monoisotopic (exact) mass is 292 g/mol. The molecule has 3 nitrogen and oxygen atoms in total. The summed E-state index contributed by atoms with van der Waals surface area (Å²) in [6, 6.07) is 1.53. The number of halogens is 1. The van der Waals surface area contributed by atoms with Crippen LogP contribution < -0.4 is 5.73 Å². The van der Waals surface area contributed by atoms with Crippen LogP contribution in [0.5, 0.6) is 5.75 Å². The summed E-state index contributed by atoms with van der Waals surface area (Å²) in [5.74, 6) is 0.202. The summed E-state index contributed by atoms with van der Waals surface area (Å²) in [4.78, 5) is 4.11. The molecule has 0 aliphatic heterocycles. The first-order chi connectivity index (χ1) is 6.15. The molecule has 0 radical (unpaired) electrons. The molecular weight excluding hydrogens is 279 g/mol. The summed E-state index contributed by atoms with van der Waals surface area (Å²) in [6.07, 6.45) is 3.56. The van der Waals surface area contributed by atoms with Gasteiger partial charge in [-0.2, -0.15) is 0 Å². The Labute approximate surface area is 91.5 Å². The second-order valence-electron chi connectivity index (χ2n) is 2.95. The largest absolute Gasteiger partial charge is 0.506 e. The maximum Gasteiger partial charge on any atom is 0.139 e. The Morgan fingerprint density at radius 1 is 1.69 bits per heavy atom. The summed E-state index contributed by atoms with van der Waals surface area (Å²) in [5, 5.41) is 9.54. The van der Waals surface area contributed by atoms with E-state index >= 15 is 0 Å². The van der Waals surface area contributed by atoms with Crippen LogP contribution in [0.1, 0.15) is 31.5 Å². The van der Waals surface area contributed by atoms with Crippen molar-refractivity contribution in [2.75, 3.05) is 0 Å². The molecular formula is C9H13IN2O. The molecule has 1 atom stereocenters. The molecule has 0 aliphatic carbocycles. The van der Waals surface area contributed by atoms with Crippen molar-refractivity contribution in [3.05, 3.63) is 21.5 Å². The van der Waals surface area contributed by atoms with Crippen LogP contribution in [0, 0.1) is 3.57 Å². The molecule has 0 spiro atoms. The van der Waals surface area contributed by atoms with Crippen LogP contribution in [0.15, 0.2) is 12.3 Å². The molecule has 3 N–H and O–H groups in total. The Morgan fingerprint density at radius 2 is 2.38 bits per heavy atom. The molecule has 0 aliphatic rings. The van der Waals surface area contributed by atoms with Crippen molar-refractivity contribution in [2.24, 2.45) is 5.73 Å². The first-order valence-electron chi connectivity index (χ1n) is 4.25. The molecule has 1 rings (SSSR count). The van der Waals surface area contributed by atoms with Crippen LogP contribution in [-0.2, 0) is 0 Å². The molecule has 0 fully saturated rings. The summed E-state index contributed by atoms with van der Waals surface area (Å²) in [5.41, 5.74) is 6.43. The second-order valence-corrected chi connectivity index (χ2v) is 4.20. The third-order valence-corrected chi connectivity index (χ3v) is 2.40.